The number of carbonyl (C=O) groups is 8. The van der Waals surface area contributed by atoms with Crippen LogP contribution in [0.3, 0.4) is 0 Å². The summed E-state index contributed by atoms with van der Waals surface area (Å²) in [5, 5.41) is 7.93. The lowest BCUT2D eigenvalue weighted by molar-refractivity contribution is -0.187. The van der Waals surface area contributed by atoms with E-state index in [-0.39, 0.29) is 19.0 Å². The summed E-state index contributed by atoms with van der Waals surface area (Å²) >= 11 is 0. The van der Waals surface area contributed by atoms with Gasteiger partial charge >= 0.3 is 35.8 Å². The standard InChI is InChI=1S/C25H35N3O14/c1-11(19(31)28-10-9-27(17(7)29)25(28)26)38-21(33)13(3)40-23(35)15(5)42-24(36)16(6)41-22(34)14(4)39-20(32)12(2)37-18(8)30/h11-16,26H,9-10H2,1-8H3. The maximum Gasteiger partial charge on any atom is 0.347 e. The third-order valence-corrected chi connectivity index (χ3v) is 5.52. The molecule has 0 radical (unpaired) electrons. The fourth-order valence-electron chi connectivity index (χ4n) is 3.19. The number of nitrogens with zero attached hydrogens (tertiary/aromatic N) is 2. The van der Waals surface area contributed by atoms with Gasteiger partial charge in [0.05, 0.1) is 0 Å². The molecule has 1 fully saturated rings. The van der Waals surface area contributed by atoms with Crippen molar-refractivity contribution < 1.29 is 66.8 Å². The molecule has 0 bridgehead atoms. The van der Waals surface area contributed by atoms with Crippen LogP contribution in [-0.2, 0) is 66.8 Å². The van der Waals surface area contributed by atoms with Crippen LogP contribution in [0.4, 0.5) is 0 Å². The van der Waals surface area contributed by atoms with Crippen molar-refractivity contribution in [2.45, 2.75) is 92.0 Å². The normalized spacial score (nSPS) is 17.0. The number of guanidine groups is 1. The van der Waals surface area contributed by atoms with Crippen LogP contribution in [0.5, 0.6) is 0 Å². The van der Waals surface area contributed by atoms with Gasteiger partial charge in [-0.2, -0.15) is 0 Å². The third kappa shape index (κ3) is 10.1. The van der Waals surface area contributed by atoms with Crippen molar-refractivity contribution in [3.8, 4) is 0 Å². The second-order valence-electron chi connectivity index (χ2n) is 9.13. The Morgan fingerprint density at radius 1 is 0.524 bits per heavy atom. The summed E-state index contributed by atoms with van der Waals surface area (Å²) in [6.45, 7) is 9.51. The number of rotatable bonds is 12. The van der Waals surface area contributed by atoms with E-state index < -0.39 is 84.3 Å². The summed E-state index contributed by atoms with van der Waals surface area (Å²) in [6, 6.07) is 0. The predicted molar refractivity (Wildman–Crippen MR) is 136 cm³/mol. The third-order valence-electron chi connectivity index (χ3n) is 5.52. The molecular weight excluding hydrogens is 566 g/mol. The Morgan fingerprint density at radius 2 is 0.810 bits per heavy atom. The number of nitrogens with one attached hydrogen (secondary N) is 1. The summed E-state index contributed by atoms with van der Waals surface area (Å²) in [5.74, 6) is -7.86. The zero-order valence-corrected chi connectivity index (χ0v) is 24.5. The highest BCUT2D eigenvalue weighted by Gasteiger charge is 2.37. The van der Waals surface area contributed by atoms with Crippen molar-refractivity contribution in [1.29, 1.82) is 5.41 Å². The lowest BCUT2D eigenvalue weighted by Gasteiger charge is -2.23. The zero-order valence-electron chi connectivity index (χ0n) is 24.5. The van der Waals surface area contributed by atoms with Gasteiger partial charge in [0, 0.05) is 26.9 Å². The highest BCUT2D eigenvalue weighted by Crippen LogP contribution is 2.13. The highest BCUT2D eigenvalue weighted by atomic mass is 16.6. The molecule has 17 heteroatoms. The quantitative estimate of drug-likeness (QED) is 0.214. The minimum atomic E-state index is -1.56. The summed E-state index contributed by atoms with van der Waals surface area (Å²) in [4.78, 5) is 98.0. The molecule has 17 nitrogen and oxygen atoms in total. The maximum absolute atomic E-state index is 12.6. The molecule has 1 aliphatic heterocycles. The second kappa shape index (κ2) is 15.4. The van der Waals surface area contributed by atoms with Crippen molar-refractivity contribution >= 4 is 53.6 Å². The van der Waals surface area contributed by atoms with Gasteiger partial charge in [-0.3, -0.25) is 29.6 Å². The van der Waals surface area contributed by atoms with Gasteiger partial charge in [0.2, 0.25) is 11.9 Å². The Bertz CT molecular complexity index is 1120. The molecule has 0 saturated carbocycles. The number of carbonyl (C=O) groups excluding carboxylic acids is 8. The van der Waals surface area contributed by atoms with Crippen molar-refractivity contribution in [3.05, 3.63) is 0 Å². The molecule has 1 rings (SSSR count). The van der Waals surface area contributed by atoms with E-state index >= 15 is 0 Å². The van der Waals surface area contributed by atoms with E-state index in [4.69, 9.17) is 29.1 Å². The van der Waals surface area contributed by atoms with E-state index in [1.165, 1.54) is 20.8 Å². The molecule has 1 saturated heterocycles. The van der Waals surface area contributed by atoms with Crippen molar-refractivity contribution in [1.82, 2.24) is 9.80 Å². The van der Waals surface area contributed by atoms with Crippen molar-refractivity contribution in [3.63, 3.8) is 0 Å². The molecule has 0 aromatic carbocycles. The van der Waals surface area contributed by atoms with Gasteiger partial charge in [-0.15, -0.1) is 0 Å². The van der Waals surface area contributed by atoms with E-state index in [1.54, 1.807) is 0 Å². The lowest BCUT2D eigenvalue weighted by Crippen LogP contribution is -2.45. The molecular formula is C25H35N3O14. The van der Waals surface area contributed by atoms with Crippen LogP contribution in [0, 0.1) is 5.41 Å². The first-order valence-corrected chi connectivity index (χ1v) is 12.7. The largest absolute Gasteiger partial charge is 0.451 e. The Morgan fingerprint density at radius 3 is 1.10 bits per heavy atom. The molecule has 0 aromatic heterocycles. The smallest absolute Gasteiger partial charge is 0.347 e. The predicted octanol–water partition coefficient (Wildman–Crippen LogP) is -0.778. The van der Waals surface area contributed by atoms with Gasteiger partial charge in [-0.1, -0.05) is 0 Å². The molecule has 0 spiro atoms. The SMILES string of the molecule is CC(=O)OC(C)C(=O)OC(C)C(=O)OC(C)C(=O)OC(C)C(=O)OC(C)C(=O)OC(C)C(=O)N1CCN(C(C)=O)C1=N. The molecule has 0 aromatic rings. The monoisotopic (exact) mass is 601 g/mol. The van der Waals surface area contributed by atoms with Gasteiger partial charge in [0.15, 0.2) is 36.6 Å². The molecule has 42 heavy (non-hydrogen) atoms. The first kappa shape index (κ1) is 35.5. The molecule has 6 atom stereocenters. The molecule has 0 aliphatic carbocycles. The van der Waals surface area contributed by atoms with Crippen LogP contribution in [0.2, 0.25) is 0 Å². The van der Waals surface area contributed by atoms with E-state index in [1.807, 2.05) is 0 Å². The summed E-state index contributed by atoms with van der Waals surface area (Å²) in [7, 11) is 0. The minimum Gasteiger partial charge on any atom is -0.451 e. The molecule has 6 unspecified atom stereocenters. The number of hydrogen-bond acceptors (Lipinski definition) is 15. The molecule has 1 heterocycles. The Labute approximate surface area is 241 Å². The Balaban J connectivity index is 2.56. The average Bonchev–Trinajstić information content (AvgIpc) is 3.28. The van der Waals surface area contributed by atoms with Gasteiger partial charge in [-0.25, -0.2) is 24.0 Å². The van der Waals surface area contributed by atoms with E-state index in [0.29, 0.717) is 0 Å². The Kier molecular flexibility index (Phi) is 13.0. The second-order valence-corrected chi connectivity index (χ2v) is 9.13. The summed E-state index contributed by atoms with van der Waals surface area (Å²) < 4.78 is 29.2. The van der Waals surface area contributed by atoms with Gasteiger partial charge in [0.1, 0.15) is 0 Å². The molecule has 2 amide bonds. The van der Waals surface area contributed by atoms with Crippen LogP contribution in [-0.4, -0.2) is 113 Å². The zero-order chi connectivity index (χ0) is 32.5. The van der Waals surface area contributed by atoms with Crippen LogP contribution >= 0.6 is 0 Å². The minimum absolute atomic E-state index is 0.0413. The van der Waals surface area contributed by atoms with E-state index in [0.717, 1.165) is 44.4 Å². The summed E-state index contributed by atoms with van der Waals surface area (Å²) in [6.07, 6.45) is -8.76. The van der Waals surface area contributed by atoms with Crippen molar-refractivity contribution in [2.75, 3.05) is 13.1 Å². The molecule has 234 valence electrons. The van der Waals surface area contributed by atoms with Crippen LogP contribution < -0.4 is 0 Å². The first-order chi connectivity index (χ1) is 19.4. The van der Waals surface area contributed by atoms with Crippen LogP contribution in [0.1, 0.15) is 55.4 Å². The summed E-state index contributed by atoms with van der Waals surface area (Å²) in [5.41, 5.74) is 0. The average molecular weight is 602 g/mol. The maximum atomic E-state index is 12.6. The van der Waals surface area contributed by atoms with Gasteiger partial charge in [0.25, 0.3) is 5.91 Å². The van der Waals surface area contributed by atoms with E-state index in [2.05, 4.69) is 4.74 Å². The van der Waals surface area contributed by atoms with Gasteiger partial charge in [-0.05, 0) is 41.5 Å². The molecule has 1 N–H and O–H groups in total. The fourth-order valence-corrected chi connectivity index (χ4v) is 3.19. The Hall–Kier alpha value is -4.57. The lowest BCUT2D eigenvalue weighted by atomic mass is 10.3. The van der Waals surface area contributed by atoms with Crippen molar-refractivity contribution in [2.24, 2.45) is 0 Å². The fraction of sp³-hybridized carbons (Fsp3) is 0.640. The molecule has 1 aliphatic rings. The van der Waals surface area contributed by atoms with Crippen LogP contribution in [0.25, 0.3) is 0 Å². The van der Waals surface area contributed by atoms with Crippen LogP contribution in [0.15, 0.2) is 0 Å². The number of ether oxygens (including phenoxy) is 6. The highest BCUT2D eigenvalue weighted by molar-refractivity contribution is 6.05. The number of amides is 2. The first-order valence-electron chi connectivity index (χ1n) is 12.7. The van der Waals surface area contributed by atoms with Gasteiger partial charge < -0.3 is 28.4 Å². The topological polar surface area (TPSA) is 222 Å². The van der Waals surface area contributed by atoms with E-state index in [9.17, 15) is 38.4 Å². The number of hydrogen-bond donors (Lipinski definition) is 1. The number of esters is 6.